The van der Waals surface area contributed by atoms with E-state index in [1.807, 2.05) is 30.3 Å². The zero-order chi connectivity index (χ0) is 21.0. The molecule has 1 unspecified atom stereocenters. The summed E-state index contributed by atoms with van der Waals surface area (Å²) in [4.78, 5) is 12.4. The minimum absolute atomic E-state index is 0.422. The fourth-order valence-electron chi connectivity index (χ4n) is 2.54. The van der Waals surface area contributed by atoms with Crippen molar-refractivity contribution in [2.75, 3.05) is 5.32 Å². The van der Waals surface area contributed by atoms with E-state index in [9.17, 15) is 18.0 Å². The molecule has 1 atom stereocenters. The van der Waals surface area contributed by atoms with E-state index < -0.39 is 34.3 Å². The van der Waals surface area contributed by atoms with Crippen LogP contribution >= 0.6 is 11.8 Å². The zero-order valence-electron chi connectivity index (χ0n) is 15.4. The van der Waals surface area contributed by atoms with Gasteiger partial charge in [0.15, 0.2) is 28.4 Å². The zero-order valence-corrected chi connectivity index (χ0v) is 16.2. The lowest BCUT2D eigenvalue weighted by Gasteiger charge is -2.13. The van der Waals surface area contributed by atoms with Crippen molar-refractivity contribution in [1.82, 2.24) is 14.8 Å². The van der Waals surface area contributed by atoms with Gasteiger partial charge >= 0.3 is 0 Å². The summed E-state index contributed by atoms with van der Waals surface area (Å²) < 4.78 is 42.0. The molecule has 1 heterocycles. The number of rotatable bonds is 7. The van der Waals surface area contributed by atoms with Crippen LogP contribution in [0.3, 0.4) is 0 Å². The Morgan fingerprint density at radius 1 is 1.17 bits per heavy atom. The molecule has 0 aliphatic carbocycles. The summed E-state index contributed by atoms with van der Waals surface area (Å²) in [7, 11) is 0. The molecule has 0 radical (unpaired) electrons. The molecule has 0 saturated heterocycles. The lowest BCUT2D eigenvalue weighted by molar-refractivity contribution is -0.115. The summed E-state index contributed by atoms with van der Waals surface area (Å²) in [5.41, 5.74) is 0.425. The third-order valence-electron chi connectivity index (χ3n) is 4.00. The normalized spacial score (nSPS) is 11.9. The van der Waals surface area contributed by atoms with Crippen molar-refractivity contribution < 1.29 is 18.0 Å². The van der Waals surface area contributed by atoms with Gasteiger partial charge in [0.05, 0.1) is 10.9 Å². The van der Waals surface area contributed by atoms with Crippen LogP contribution in [-0.4, -0.2) is 25.9 Å². The Bertz CT molecular complexity index is 1040. The number of allylic oxidation sites excluding steroid dienone is 1. The molecule has 0 bridgehead atoms. The number of benzene rings is 2. The monoisotopic (exact) mass is 418 g/mol. The molecule has 3 aromatic rings. The summed E-state index contributed by atoms with van der Waals surface area (Å²) in [6.45, 7) is 5.75. The Morgan fingerprint density at radius 2 is 1.90 bits per heavy atom. The minimum atomic E-state index is -1.64. The molecule has 0 aliphatic rings. The lowest BCUT2D eigenvalue weighted by Crippen LogP contribution is -2.23. The minimum Gasteiger partial charge on any atom is -0.323 e. The summed E-state index contributed by atoms with van der Waals surface area (Å²) in [6, 6.07) is 11.1. The lowest BCUT2D eigenvalue weighted by atomic mass is 10.2. The van der Waals surface area contributed by atoms with E-state index >= 15 is 0 Å². The van der Waals surface area contributed by atoms with Gasteiger partial charge in [-0.25, -0.2) is 13.2 Å². The van der Waals surface area contributed by atoms with Crippen LogP contribution in [0.5, 0.6) is 0 Å². The highest BCUT2D eigenvalue weighted by atomic mass is 32.2. The SMILES string of the molecule is C=CCn1c(SC(C)C(=O)Nc2ccc(F)c(F)c2F)nnc1-c1ccccc1. The highest BCUT2D eigenvalue weighted by Crippen LogP contribution is 2.28. The number of carbonyl (C=O) groups is 1. The Kier molecular flexibility index (Phi) is 6.38. The fourth-order valence-corrected chi connectivity index (χ4v) is 3.40. The second kappa shape index (κ2) is 8.95. The molecule has 9 heteroatoms. The number of nitrogens with zero attached hydrogens (tertiary/aromatic N) is 3. The van der Waals surface area contributed by atoms with E-state index in [2.05, 4.69) is 22.1 Å². The van der Waals surface area contributed by atoms with E-state index in [1.54, 1.807) is 17.6 Å². The van der Waals surface area contributed by atoms with Crippen molar-refractivity contribution in [3.8, 4) is 11.4 Å². The second-order valence-electron chi connectivity index (χ2n) is 6.04. The van der Waals surface area contributed by atoms with Crippen molar-refractivity contribution >= 4 is 23.4 Å². The van der Waals surface area contributed by atoms with Gasteiger partial charge in [0.1, 0.15) is 0 Å². The Morgan fingerprint density at radius 3 is 2.59 bits per heavy atom. The predicted molar refractivity (Wildman–Crippen MR) is 106 cm³/mol. The molecule has 1 N–H and O–H groups in total. The Labute approximate surface area is 169 Å². The molecule has 150 valence electrons. The smallest absolute Gasteiger partial charge is 0.237 e. The first-order valence-corrected chi connectivity index (χ1v) is 9.51. The topological polar surface area (TPSA) is 59.8 Å². The largest absolute Gasteiger partial charge is 0.323 e. The highest BCUT2D eigenvalue weighted by molar-refractivity contribution is 8.00. The average molecular weight is 418 g/mol. The van der Waals surface area contributed by atoms with Crippen molar-refractivity contribution in [3.05, 3.63) is 72.6 Å². The van der Waals surface area contributed by atoms with E-state index in [0.717, 1.165) is 29.5 Å². The van der Waals surface area contributed by atoms with Crippen LogP contribution in [0.1, 0.15) is 6.92 Å². The molecule has 1 amide bonds. The molecule has 3 rings (SSSR count). The first-order chi connectivity index (χ1) is 13.9. The first-order valence-electron chi connectivity index (χ1n) is 8.63. The maximum Gasteiger partial charge on any atom is 0.237 e. The molecular weight excluding hydrogens is 401 g/mol. The van der Waals surface area contributed by atoms with Gasteiger partial charge in [-0.05, 0) is 19.1 Å². The van der Waals surface area contributed by atoms with Crippen LogP contribution in [-0.2, 0) is 11.3 Å². The number of hydrogen-bond acceptors (Lipinski definition) is 4. The molecule has 1 aromatic heterocycles. The molecule has 29 heavy (non-hydrogen) atoms. The summed E-state index contributed by atoms with van der Waals surface area (Å²) in [5, 5.41) is 10.4. The van der Waals surface area contributed by atoms with Gasteiger partial charge in [-0.2, -0.15) is 0 Å². The number of carbonyl (C=O) groups excluding carboxylic acids is 1. The average Bonchev–Trinajstić information content (AvgIpc) is 3.11. The number of nitrogens with one attached hydrogen (secondary N) is 1. The van der Waals surface area contributed by atoms with Crippen molar-refractivity contribution in [1.29, 1.82) is 0 Å². The summed E-state index contributed by atoms with van der Waals surface area (Å²) >= 11 is 1.11. The Balaban J connectivity index is 1.79. The van der Waals surface area contributed by atoms with Crippen molar-refractivity contribution in [2.24, 2.45) is 0 Å². The molecular formula is C20H17F3N4OS. The van der Waals surface area contributed by atoms with Crippen LogP contribution in [0.25, 0.3) is 11.4 Å². The van der Waals surface area contributed by atoms with Crippen LogP contribution in [0.2, 0.25) is 0 Å². The standard InChI is InChI=1S/C20H17F3N4OS/c1-3-11-27-18(13-7-5-4-6-8-13)25-26-20(27)29-12(2)19(28)24-15-10-9-14(21)16(22)17(15)23/h3-10,12H,1,11H2,2H3,(H,24,28). The third kappa shape index (κ3) is 4.51. The summed E-state index contributed by atoms with van der Waals surface area (Å²) in [5.74, 6) is -4.38. The number of halogens is 3. The second-order valence-corrected chi connectivity index (χ2v) is 7.35. The van der Waals surface area contributed by atoms with Crippen molar-refractivity contribution in [3.63, 3.8) is 0 Å². The highest BCUT2D eigenvalue weighted by Gasteiger charge is 2.22. The van der Waals surface area contributed by atoms with Gasteiger partial charge in [0, 0.05) is 12.1 Å². The molecule has 0 spiro atoms. The Hall–Kier alpha value is -3.07. The number of hydrogen-bond donors (Lipinski definition) is 1. The van der Waals surface area contributed by atoms with Crippen molar-refractivity contribution in [2.45, 2.75) is 23.9 Å². The fraction of sp³-hybridized carbons (Fsp3) is 0.150. The third-order valence-corrected chi connectivity index (χ3v) is 5.09. The van der Waals surface area contributed by atoms with E-state index in [1.165, 1.54) is 0 Å². The number of thioether (sulfide) groups is 1. The predicted octanol–water partition coefficient (Wildman–Crippen LogP) is 4.67. The maximum absolute atomic E-state index is 13.8. The van der Waals surface area contributed by atoms with Crippen LogP contribution in [0.4, 0.5) is 18.9 Å². The van der Waals surface area contributed by atoms with Gasteiger partial charge < -0.3 is 5.32 Å². The maximum atomic E-state index is 13.8. The molecule has 5 nitrogen and oxygen atoms in total. The van der Waals surface area contributed by atoms with Gasteiger partial charge in [0.2, 0.25) is 5.91 Å². The first kappa shape index (κ1) is 20.7. The van der Waals surface area contributed by atoms with Crippen LogP contribution in [0.15, 0.2) is 60.3 Å². The quantitative estimate of drug-likeness (QED) is 0.344. The van der Waals surface area contributed by atoms with E-state index in [4.69, 9.17) is 0 Å². The molecule has 0 aliphatic heterocycles. The number of aromatic nitrogens is 3. The van der Waals surface area contributed by atoms with Crippen LogP contribution in [0, 0.1) is 17.5 Å². The van der Waals surface area contributed by atoms with Gasteiger partial charge in [-0.1, -0.05) is 48.2 Å². The molecule has 0 fully saturated rings. The molecule has 2 aromatic carbocycles. The number of amides is 1. The van der Waals surface area contributed by atoms with E-state index in [-0.39, 0.29) is 0 Å². The van der Waals surface area contributed by atoms with Gasteiger partial charge in [0.25, 0.3) is 0 Å². The molecule has 0 saturated carbocycles. The van der Waals surface area contributed by atoms with Gasteiger partial charge in [-0.15, -0.1) is 16.8 Å². The van der Waals surface area contributed by atoms with Gasteiger partial charge in [-0.3, -0.25) is 9.36 Å². The van der Waals surface area contributed by atoms with E-state index in [0.29, 0.717) is 17.5 Å². The van der Waals surface area contributed by atoms with Crippen LogP contribution < -0.4 is 5.32 Å². The number of anilines is 1. The summed E-state index contributed by atoms with van der Waals surface area (Å²) in [6.07, 6.45) is 1.68.